The summed E-state index contributed by atoms with van der Waals surface area (Å²) in [6.07, 6.45) is 1.84. The largest absolute Gasteiger partial charge is 0.452 e. The van der Waals surface area contributed by atoms with Crippen molar-refractivity contribution in [2.24, 2.45) is 0 Å². The average molecular weight is 431 g/mol. The monoisotopic (exact) mass is 430 g/mol. The number of nitrogens with zero attached hydrogens (tertiary/aromatic N) is 2. The summed E-state index contributed by atoms with van der Waals surface area (Å²) in [5.74, 6) is 0.883. The molecule has 160 valence electrons. The van der Waals surface area contributed by atoms with Crippen LogP contribution in [0.5, 0.6) is 5.75 Å². The van der Waals surface area contributed by atoms with Gasteiger partial charge in [-0.25, -0.2) is 0 Å². The van der Waals surface area contributed by atoms with Crippen molar-refractivity contribution in [1.82, 2.24) is 4.57 Å². The van der Waals surface area contributed by atoms with Crippen LogP contribution in [0.3, 0.4) is 0 Å². The number of hydrogen-bond acceptors (Lipinski definition) is 3. The van der Waals surface area contributed by atoms with Crippen LogP contribution in [0.4, 0.5) is 5.69 Å². The fraction of sp³-hybridized carbons (Fsp3) is 0.0690. The quantitative estimate of drug-likeness (QED) is 0.308. The van der Waals surface area contributed by atoms with Crippen LogP contribution in [0.1, 0.15) is 15.9 Å². The zero-order valence-corrected chi connectivity index (χ0v) is 18.4. The van der Waals surface area contributed by atoms with E-state index in [2.05, 4.69) is 65.2 Å². The first kappa shape index (κ1) is 19.4. The third-order valence-corrected chi connectivity index (χ3v) is 6.18. The SMILES string of the molecule is CN(C)c1ccc2c(c1)OC(=Cc1ccc3c(c1)c1ccccc1n3-c1ccccc1)C2=O. The summed E-state index contributed by atoms with van der Waals surface area (Å²) in [5.41, 5.74) is 5.94. The number of ether oxygens (including phenoxy) is 1. The Morgan fingerprint density at radius 2 is 1.55 bits per heavy atom. The van der Waals surface area contributed by atoms with E-state index in [1.165, 1.54) is 5.39 Å². The van der Waals surface area contributed by atoms with Gasteiger partial charge in [-0.3, -0.25) is 4.79 Å². The average Bonchev–Trinajstić information content (AvgIpc) is 3.33. The molecule has 0 unspecified atom stereocenters. The highest BCUT2D eigenvalue weighted by Crippen LogP contribution is 2.36. The summed E-state index contributed by atoms with van der Waals surface area (Å²) >= 11 is 0. The Labute approximate surface area is 191 Å². The summed E-state index contributed by atoms with van der Waals surface area (Å²) in [4.78, 5) is 14.9. The third-order valence-electron chi connectivity index (χ3n) is 6.18. The van der Waals surface area contributed by atoms with E-state index in [1.807, 2.05) is 55.4 Å². The van der Waals surface area contributed by atoms with E-state index < -0.39 is 0 Å². The molecule has 0 bridgehead atoms. The highest BCUT2D eigenvalue weighted by molar-refractivity contribution is 6.15. The van der Waals surface area contributed by atoms with Crippen LogP contribution in [-0.4, -0.2) is 24.4 Å². The number of para-hydroxylation sites is 2. The predicted octanol–water partition coefficient (Wildman–Crippen LogP) is 6.47. The normalized spacial score (nSPS) is 14.1. The molecule has 1 aliphatic rings. The van der Waals surface area contributed by atoms with Gasteiger partial charge in [-0.2, -0.15) is 0 Å². The van der Waals surface area contributed by atoms with E-state index in [4.69, 9.17) is 4.74 Å². The molecule has 1 aliphatic heterocycles. The van der Waals surface area contributed by atoms with E-state index in [1.54, 1.807) is 0 Å². The zero-order valence-electron chi connectivity index (χ0n) is 18.4. The van der Waals surface area contributed by atoms with Crippen molar-refractivity contribution in [2.75, 3.05) is 19.0 Å². The van der Waals surface area contributed by atoms with Gasteiger partial charge in [-0.05, 0) is 54.1 Å². The summed E-state index contributed by atoms with van der Waals surface area (Å²) in [6.45, 7) is 0. The number of anilines is 1. The van der Waals surface area contributed by atoms with Crippen LogP contribution < -0.4 is 9.64 Å². The molecule has 0 aliphatic carbocycles. The number of hydrogen-bond donors (Lipinski definition) is 0. The minimum atomic E-state index is -0.0814. The summed E-state index contributed by atoms with van der Waals surface area (Å²) in [6, 6.07) is 30.7. The Morgan fingerprint density at radius 1 is 0.788 bits per heavy atom. The van der Waals surface area contributed by atoms with Crippen molar-refractivity contribution in [2.45, 2.75) is 0 Å². The van der Waals surface area contributed by atoms with Gasteiger partial charge < -0.3 is 14.2 Å². The van der Waals surface area contributed by atoms with Crippen LogP contribution in [0.2, 0.25) is 0 Å². The lowest BCUT2D eigenvalue weighted by Crippen LogP contribution is -2.08. The Kier molecular flexibility index (Phi) is 4.34. The van der Waals surface area contributed by atoms with Crippen LogP contribution in [0.25, 0.3) is 33.6 Å². The second kappa shape index (κ2) is 7.38. The number of rotatable bonds is 3. The van der Waals surface area contributed by atoms with Crippen LogP contribution in [0, 0.1) is 0 Å². The molecule has 33 heavy (non-hydrogen) atoms. The summed E-state index contributed by atoms with van der Waals surface area (Å²) in [7, 11) is 3.94. The summed E-state index contributed by atoms with van der Waals surface area (Å²) in [5, 5.41) is 2.32. The van der Waals surface area contributed by atoms with Crippen LogP contribution >= 0.6 is 0 Å². The van der Waals surface area contributed by atoms with E-state index in [0.717, 1.165) is 33.4 Å². The van der Waals surface area contributed by atoms with Crippen molar-refractivity contribution < 1.29 is 9.53 Å². The van der Waals surface area contributed by atoms with Crippen molar-refractivity contribution >= 4 is 39.4 Å². The number of carbonyl (C=O) groups excluding carboxylic acids is 1. The van der Waals surface area contributed by atoms with Gasteiger partial charge in [0.1, 0.15) is 5.75 Å². The van der Waals surface area contributed by atoms with Crippen molar-refractivity contribution in [3.8, 4) is 11.4 Å². The molecule has 0 saturated carbocycles. The molecule has 0 atom stereocenters. The molecule has 0 amide bonds. The molecule has 4 nitrogen and oxygen atoms in total. The van der Waals surface area contributed by atoms with E-state index >= 15 is 0 Å². The third kappa shape index (κ3) is 3.11. The Morgan fingerprint density at radius 3 is 2.36 bits per heavy atom. The van der Waals surface area contributed by atoms with Crippen molar-refractivity contribution in [3.05, 3.63) is 108 Å². The lowest BCUT2D eigenvalue weighted by atomic mass is 10.1. The molecule has 1 aromatic heterocycles. The minimum absolute atomic E-state index is 0.0814. The maximum atomic E-state index is 12.9. The molecule has 4 aromatic carbocycles. The van der Waals surface area contributed by atoms with E-state index in [-0.39, 0.29) is 5.78 Å². The van der Waals surface area contributed by atoms with Gasteiger partial charge in [0.2, 0.25) is 5.78 Å². The highest BCUT2D eigenvalue weighted by Gasteiger charge is 2.27. The lowest BCUT2D eigenvalue weighted by molar-refractivity contribution is 0.101. The molecule has 2 heterocycles. The zero-order chi connectivity index (χ0) is 22.5. The van der Waals surface area contributed by atoms with E-state index in [0.29, 0.717) is 17.1 Å². The molecule has 4 heteroatoms. The maximum Gasteiger partial charge on any atom is 0.231 e. The highest BCUT2D eigenvalue weighted by atomic mass is 16.5. The molecule has 0 spiro atoms. The number of aromatic nitrogens is 1. The van der Waals surface area contributed by atoms with Gasteiger partial charge in [-0.1, -0.05) is 42.5 Å². The smallest absolute Gasteiger partial charge is 0.231 e. The summed E-state index contributed by atoms with van der Waals surface area (Å²) < 4.78 is 8.24. The fourth-order valence-corrected chi connectivity index (χ4v) is 4.54. The number of fused-ring (bicyclic) bond motifs is 4. The van der Waals surface area contributed by atoms with Crippen molar-refractivity contribution in [3.63, 3.8) is 0 Å². The molecule has 0 fully saturated rings. The Bertz CT molecular complexity index is 1580. The van der Waals surface area contributed by atoms with Crippen LogP contribution in [-0.2, 0) is 0 Å². The minimum Gasteiger partial charge on any atom is -0.452 e. The standard InChI is InChI=1S/C29H22N2O2/c1-30(2)21-13-14-23-27(18-21)33-28(29(23)32)17-19-12-15-26-24(16-19)22-10-6-7-11-25(22)31(26)20-8-4-3-5-9-20/h3-18H,1-2H3. The second-order valence-corrected chi connectivity index (χ2v) is 8.48. The Balaban J connectivity index is 1.47. The fourth-order valence-electron chi connectivity index (χ4n) is 4.54. The van der Waals surface area contributed by atoms with E-state index in [9.17, 15) is 4.79 Å². The number of ketones is 1. The molecule has 6 rings (SSSR count). The van der Waals surface area contributed by atoms with Gasteiger partial charge in [0.05, 0.1) is 16.6 Å². The molecular weight excluding hydrogens is 408 g/mol. The predicted molar refractivity (Wildman–Crippen MR) is 134 cm³/mol. The lowest BCUT2D eigenvalue weighted by Gasteiger charge is -2.12. The number of Topliss-reactive ketones (excluding diaryl/α,β-unsaturated/α-hetero) is 1. The topological polar surface area (TPSA) is 34.5 Å². The van der Waals surface area contributed by atoms with Gasteiger partial charge in [0.25, 0.3) is 0 Å². The number of allylic oxidation sites excluding steroid dienone is 1. The molecule has 0 radical (unpaired) electrons. The van der Waals surface area contributed by atoms with Gasteiger partial charge in [-0.15, -0.1) is 0 Å². The number of benzene rings is 4. The first-order chi connectivity index (χ1) is 16.1. The van der Waals surface area contributed by atoms with Crippen molar-refractivity contribution in [1.29, 1.82) is 0 Å². The Hall–Kier alpha value is -4.31. The second-order valence-electron chi connectivity index (χ2n) is 8.48. The molecular formula is C29H22N2O2. The van der Waals surface area contributed by atoms with Crippen LogP contribution in [0.15, 0.2) is 96.8 Å². The van der Waals surface area contributed by atoms with Gasteiger partial charge in [0.15, 0.2) is 5.76 Å². The molecule has 5 aromatic rings. The first-order valence-corrected chi connectivity index (χ1v) is 10.9. The molecule has 0 N–H and O–H groups in total. The number of carbonyl (C=O) groups is 1. The maximum absolute atomic E-state index is 12.9. The van der Waals surface area contributed by atoms with Gasteiger partial charge in [0, 0.05) is 42.3 Å². The van der Waals surface area contributed by atoms with Gasteiger partial charge >= 0.3 is 0 Å². The molecule has 0 saturated heterocycles. The first-order valence-electron chi connectivity index (χ1n) is 10.9.